The fourth-order valence-electron chi connectivity index (χ4n) is 2.51. The maximum absolute atomic E-state index is 12.3. The molecule has 0 heterocycles. The second kappa shape index (κ2) is 8.16. The van der Waals surface area contributed by atoms with Gasteiger partial charge >= 0.3 is 5.97 Å². The summed E-state index contributed by atoms with van der Waals surface area (Å²) < 4.78 is 10.5. The van der Waals surface area contributed by atoms with Gasteiger partial charge in [-0.25, -0.2) is 4.79 Å². The third-order valence-corrected chi connectivity index (χ3v) is 3.82. The normalized spacial score (nSPS) is 11.6. The molecule has 1 atom stereocenters. The number of ether oxygens (including phenoxy) is 2. The molecule has 3 rings (SSSR count). The monoisotopic (exact) mass is 349 g/mol. The third-order valence-electron chi connectivity index (χ3n) is 3.82. The van der Waals surface area contributed by atoms with Crippen LogP contribution in [-0.2, 0) is 14.3 Å². The van der Waals surface area contributed by atoms with Crippen molar-refractivity contribution in [3.8, 4) is 5.75 Å². The molecule has 5 nitrogen and oxygen atoms in total. The van der Waals surface area contributed by atoms with Crippen LogP contribution in [0.3, 0.4) is 0 Å². The summed E-state index contributed by atoms with van der Waals surface area (Å²) in [5.41, 5.74) is 0.677. The molecule has 0 spiro atoms. The van der Waals surface area contributed by atoms with E-state index in [9.17, 15) is 9.59 Å². The van der Waals surface area contributed by atoms with Crippen LogP contribution in [-0.4, -0.2) is 24.6 Å². The largest absolute Gasteiger partial charge is 0.482 e. The van der Waals surface area contributed by atoms with E-state index in [4.69, 9.17) is 9.47 Å². The van der Waals surface area contributed by atoms with Gasteiger partial charge in [-0.05, 0) is 30.5 Å². The van der Waals surface area contributed by atoms with E-state index in [0.29, 0.717) is 11.4 Å². The molecule has 0 bridgehead atoms. The van der Waals surface area contributed by atoms with Crippen molar-refractivity contribution in [2.45, 2.75) is 13.0 Å². The lowest BCUT2D eigenvalue weighted by atomic mass is 10.1. The van der Waals surface area contributed by atoms with Crippen molar-refractivity contribution in [3.05, 3.63) is 72.8 Å². The first-order valence-corrected chi connectivity index (χ1v) is 8.29. The number of fused-ring (bicyclic) bond motifs is 1. The molecule has 0 radical (unpaired) electrons. The fourth-order valence-corrected chi connectivity index (χ4v) is 2.51. The first-order chi connectivity index (χ1) is 12.6. The Kier molecular flexibility index (Phi) is 5.49. The molecule has 3 aromatic rings. The molecular weight excluding hydrogens is 330 g/mol. The zero-order valence-corrected chi connectivity index (χ0v) is 14.3. The number of anilines is 1. The van der Waals surface area contributed by atoms with Gasteiger partial charge in [0.2, 0.25) is 0 Å². The summed E-state index contributed by atoms with van der Waals surface area (Å²) in [7, 11) is 0. The van der Waals surface area contributed by atoms with Gasteiger partial charge in [-0.1, -0.05) is 54.6 Å². The third kappa shape index (κ3) is 4.39. The molecule has 0 aliphatic carbocycles. The summed E-state index contributed by atoms with van der Waals surface area (Å²) in [5, 5.41) is 4.75. The van der Waals surface area contributed by atoms with Crippen LogP contribution in [0.4, 0.5) is 5.69 Å². The number of carbonyl (C=O) groups excluding carboxylic acids is 2. The molecule has 3 aromatic carbocycles. The first kappa shape index (κ1) is 17.5. The molecule has 0 saturated carbocycles. The molecule has 1 N–H and O–H groups in total. The number of esters is 1. The number of nitrogens with one attached hydrogen (secondary N) is 1. The molecule has 0 saturated heterocycles. The Morgan fingerprint density at radius 2 is 1.62 bits per heavy atom. The quantitative estimate of drug-likeness (QED) is 0.688. The Morgan fingerprint density at radius 3 is 2.42 bits per heavy atom. The molecule has 0 unspecified atom stereocenters. The summed E-state index contributed by atoms with van der Waals surface area (Å²) in [6.07, 6.45) is -0.930. The number of amides is 1. The molecule has 132 valence electrons. The lowest BCUT2D eigenvalue weighted by Crippen LogP contribution is -2.31. The zero-order valence-electron chi connectivity index (χ0n) is 14.3. The van der Waals surface area contributed by atoms with Crippen LogP contribution in [0.5, 0.6) is 5.75 Å². The number of para-hydroxylation sites is 1. The van der Waals surface area contributed by atoms with Crippen molar-refractivity contribution in [2.24, 2.45) is 0 Å². The second-order valence-electron chi connectivity index (χ2n) is 5.75. The molecule has 0 aliphatic rings. The van der Waals surface area contributed by atoms with E-state index in [0.717, 1.165) is 10.8 Å². The van der Waals surface area contributed by atoms with Crippen molar-refractivity contribution in [1.29, 1.82) is 0 Å². The topological polar surface area (TPSA) is 64.6 Å². The van der Waals surface area contributed by atoms with Gasteiger partial charge < -0.3 is 14.8 Å². The maximum Gasteiger partial charge on any atom is 0.344 e. The van der Waals surface area contributed by atoms with Gasteiger partial charge in [0.1, 0.15) is 5.75 Å². The highest BCUT2D eigenvalue weighted by Crippen LogP contribution is 2.23. The van der Waals surface area contributed by atoms with Crippen LogP contribution in [0, 0.1) is 0 Å². The molecular formula is C21H19NO4. The van der Waals surface area contributed by atoms with Crippen LogP contribution in [0.2, 0.25) is 0 Å². The standard InChI is InChI=1S/C21H19NO4/c1-15(26-20(23)14-25-17-10-3-2-4-11-17)21(24)22-19-13-7-9-16-8-5-6-12-18(16)19/h2-13,15H,14H2,1H3,(H,22,24)/t15-/m1/s1. The van der Waals surface area contributed by atoms with E-state index in [-0.39, 0.29) is 6.61 Å². The van der Waals surface area contributed by atoms with Crippen molar-refractivity contribution in [2.75, 3.05) is 11.9 Å². The van der Waals surface area contributed by atoms with Crippen molar-refractivity contribution < 1.29 is 19.1 Å². The van der Waals surface area contributed by atoms with E-state index in [1.54, 1.807) is 24.3 Å². The number of carbonyl (C=O) groups is 2. The van der Waals surface area contributed by atoms with Crippen molar-refractivity contribution in [3.63, 3.8) is 0 Å². The molecule has 1 amide bonds. The Balaban J connectivity index is 1.56. The number of benzene rings is 3. The van der Waals surface area contributed by atoms with Crippen molar-refractivity contribution in [1.82, 2.24) is 0 Å². The van der Waals surface area contributed by atoms with Crippen LogP contribution in [0.1, 0.15) is 6.92 Å². The smallest absolute Gasteiger partial charge is 0.344 e. The highest BCUT2D eigenvalue weighted by molar-refractivity contribution is 6.03. The number of rotatable bonds is 6. The van der Waals surface area contributed by atoms with Gasteiger partial charge in [-0.2, -0.15) is 0 Å². The molecule has 0 fully saturated rings. The summed E-state index contributed by atoms with van der Waals surface area (Å²) >= 11 is 0. The molecule has 26 heavy (non-hydrogen) atoms. The summed E-state index contributed by atoms with van der Waals surface area (Å²) in [5.74, 6) is -0.429. The highest BCUT2D eigenvalue weighted by atomic mass is 16.6. The summed E-state index contributed by atoms with van der Waals surface area (Å²) in [4.78, 5) is 24.2. The Morgan fingerprint density at radius 1 is 0.923 bits per heavy atom. The average Bonchev–Trinajstić information content (AvgIpc) is 2.67. The van der Waals surface area contributed by atoms with Crippen LogP contribution in [0.25, 0.3) is 10.8 Å². The minimum absolute atomic E-state index is 0.254. The molecule has 0 aromatic heterocycles. The average molecular weight is 349 g/mol. The van der Waals surface area contributed by atoms with Gasteiger partial charge in [-0.15, -0.1) is 0 Å². The molecule has 5 heteroatoms. The second-order valence-corrected chi connectivity index (χ2v) is 5.75. The van der Waals surface area contributed by atoms with E-state index in [1.807, 2.05) is 48.5 Å². The predicted molar refractivity (Wildman–Crippen MR) is 100 cm³/mol. The van der Waals surface area contributed by atoms with Crippen molar-refractivity contribution >= 4 is 28.3 Å². The van der Waals surface area contributed by atoms with Gasteiger partial charge in [-0.3, -0.25) is 4.79 Å². The Hall–Kier alpha value is -3.34. The van der Waals surface area contributed by atoms with Crippen LogP contribution < -0.4 is 10.1 Å². The SMILES string of the molecule is C[C@@H](OC(=O)COc1ccccc1)C(=O)Nc1cccc2ccccc12. The van der Waals surface area contributed by atoms with E-state index in [1.165, 1.54) is 6.92 Å². The Bertz CT molecular complexity index is 903. The van der Waals surface area contributed by atoms with Gasteiger partial charge in [0, 0.05) is 11.1 Å². The van der Waals surface area contributed by atoms with Crippen LogP contribution >= 0.6 is 0 Å². The summed E-state index contributed by atoms with van der Waals surface area (Å²) in [6.45, 7) is 1.27. The van der Waals surface area contributed by atoms with Crippen LogP contribution in [0.15, 0.2) is 72.8 Å². The first-order valence-electron chi connectivity index (χ1n) is 8.29. The minimum Gasteiger partial charge on any atom is -0.482 e. The number of hydrogen-bond acceptors (Lipinski definition) is 4. The molecule has 0 aliphatic heterocycles. The van der Waals surface area contributed by atoms with E-state index in [2.05, 4.69) is 5.32 Å². The lowest BCUT2D eigenvalue weighted by molar-refractivity contribution is -0.155. The van der Waals surface area contributed by atoms with E-state index >= 15 is 0 Å². The number of hydrogen-bond donors (Lipinski definition) is 1. The highest BCUT2D eigenvalue weighted by Gasteiger charge is 2.19. The van der Waals surface area contributed by atoms with E-state index < -0.39 is 18.0 Å². The lowest BCUT2D eigenvalue weighted by Gasteiger charge is -2.15. The Labute approximate surface area is 151 Å². The van der Waals surface area contributed by atoms with Gasteiger partial charge in [0.15, 0.2) is 12.7 Å². The zero-order chi connectivity index (χ0) is 18.4. The maximum atomic E-state index is 12.3. The minimum atomic E-state index is -0.930. The fraction of sp³-hybridized carbons (Fsp3) is 0.143. The predicted octanol–water partition coefficient (Wildman–Crippen LogP) is 3.79. The summed E-state index contributed by atoms with van der Waals surface area (Å²) in [6, 6.07) is 22.3. The van der Waals surface area contributed by atoms with Gasteiger partial charge in [0.25, 0.3) is 5.91 Å². The van der Waals surface area contributed by atoms with Gasteiger partial charge in [0.05, 0.1) is 0 Å².